The van der Waals surface area contributed by atoms with Crippen LogP contribution in [0.15, 0.2) is 36.5 Å². The normalized spacial score (nSPS) is 12.1. The number of rotatable bonds is 4. The van der Waals surface area contributed by atoms with E-state index in [1.807, 2.05) is 37.3 Å². The number of hydrogen-bond donors (Lipinski definition) is 2. The van der Waals surface area contributed by atoms with Crippen molar-refractivity contribution in [1.82, 2.24) is 15.1 Å². The molecule has 1 heterocycles. The van der Waals surface area contributed by atoms with Gasteiger partial charge in [0.25, 0.3) is 5.91 Å². The first-order valence-electron chi connectivity index (χ1n) is 6.26. The van der Waals surface area contributed by atoms with Gasteiger partial charge in [-0.3, -0.25) is 9.48 Å². The van der Waals surface area contributed by atoms with Crippen molar-refractivity contribution in [1.29, 1.82) is 0 Å². The molecule has 1 atom stereocenters. The molecule has 1 unspecified atom stereocenters. The maximum atomic E-state index is 12.2. The molecule has 0 aliphatic carbocycles. The number of carbonyl (C=O) groups is 1. The maximum Gasteiger partial charge on any atom is 0.272 e. The Morgan fingerprint density at radius 3 is 2.63 bits per heavy atom. The van der Waals surface area contributed by atoms with Crippen LogP contribution < -0.4 is 11.1 Å². The van der Waals surface area contributed by atoms with Crippen molar-refractivity contribution in [2.75, 3.05) is 5.73 Å². The molecule has 0 fully saturated rings. The van der Waals surface area contributed by atoms with Crippen molar-refractivity contribution in [2.24, 2.45) is 7.05 Å². The molecule has 0 saturated heterocycles. The summed E-state index contributed by atoms with van der Waals surface area (Å²) < 4.78 is 1.49. The van der Waals surface area contributed by atoms with Gasteiger partial charge in [0.15, 0.2) is 0 Å². The van der Waals surface area contributed by atoms with Crippen molar-refractivity contribution in [3.05, 3.63) is 47.8 Å². The number of amides is 1. The number of nitrogens with two attached hydrogens (primary N) is 1. The highest BCUT2D eigenvalue weighted by Gasteiger charge is 2.18. The molecule has 19 heavy (non-hydrogen) atoms. The first-order valence-corrected chi connectivity index (χ1v) is 6.26. The van der Waals surface area contributed by atoms with Gasteiger partial charge in [0.2, 0.25) is 0 Å². The fourth-order valence-corrected chi connectivity index (χ4v) is 2.07. The Labute approximate surface area is 112 Å². The van der Waals surface area contributed by atoms with E-state index in [-0.39, 0.29) is 11.9 Å². The number of benzene rings is 1. The minimum atomic E-state index is -0.201. The van der Waals surface area contributed by atoms with E-state index in [0.29, 0.717) is 11.4 Å². The van der Waals surface area contributed by atoms with Crippen LogP contribution in [0.5, 0.6) is 0 Å². The van der Waals surface area contributed by atoms with Gasteiger partial charge in [-0.2, -0.15) is 5.10 Å². The number of aromatic nitrogens is 2. The Morgan fingerprint density at radius 2 is 2.11 bits per heavy atom. The van der Waals surface area contributed by atoms with Crippen molar-refractivity contribution in [3.63, 3.8) is 0 Å². The minimum Gasteiger partial charge on any atom is -0.396 e. The highest BCUT2D eigenvalue weighted by atomic mass is 16.2. The lowest BCUT2D eigenvalue weighted by molar-refractivity contribution is 0.0927. The zero-order valence-corrected chi connectivity index (χ0v) is 11.1. The van der Waals surface area contributed by atoms with Gasteiger partial charge in [-0.25, -0.2) is 0 Å². The monoisotopic (exact) mass is 258 g/mol. The lowest BCUT2D eigenvalue weighted by Crippen LogP contribution is -2.30. The van der Waals surface area contributed by atoms with Crippen LogP contribution in [0.3, 0.4) is 0 Å². The molecule has 3 N–H and O–H groups in total. The van der Waals surface area contributed by atoms with E-state index >= 15 is 0 Å². The first-order chi connectivity index (χ1) is 9.13. The lowest BCUT2D eigenvalue weighted by Gasteiger charge is -2.17. The molecule has 1 aromatic carbocycles. The average molecular weight is 258 g/mol. The SMILES string of the molecule is CCC(NC(=O)c1c(N)cnn1C)c1ccccc1. The minimum absolute atomic E-state index is 0.0250. The van der Waals surface area contributed by atoms with E-state index in [4.69, 9.17) is 5.73 Å². The van der Waals surface area contributed by atoms with E-state index in [1.165, 1.54) is 10.9 Å². The molecule has 0 saturated carbocycles. The second kappa shape index (κ2) is 5.56. The Hall–Kier alpha value is -2.30. The van der Waals surface area contributed by atoms with Gasteiger partial charge in [-0.05, 0) is 12.0 Å². The molecular formula is C14H18N4O. The highest BCUT2D eigenvalue weighted by Crippen LogP contribution is 2.18. The summed E-state index contributed by atoms with van der Waals surface area (Å²) in [6.45, 7) is 2.03. The highest BCUT2D eigenvalue weighted by molar-refractivity contribution is 5.97. The molecule has 0 radical (unpaired) electrons. The molecule has 1 aromatic heterocycles. The summed E-state index contributed by atoms with van der Waals surface area (Å²) in [5.41, 5.74) is 7.63. The van der Waals surface area contributed by atoms with Gasteiger partial charge >= 0.3 is 0 Å². The van der Waals surface area contributed by atoms with E-state index in [2.05, 4.69) is 10.4 Å². The summed E-state index contributed by atoms with van der Waals surface area (Å²) in [7, 11) is 1.70. The molecule has 5 heteroatoms. The molecule has 2 rings (SSSR count). The van der Waals surface area contributed by atoms with Crippen molar-refractivity contribution in [2.45, 2.75) is 19.4 Å². The van der Waals surface area contributed by atoms with E-state index in [9.17, 15) is 4.79 Å². The largest absolute Gasteiger partial charge is 0.396 e. The molecule has 5 nitrogen and oxygen atoms in total. The lowest BCUT2D eigenvalue weighted by atomic mass is 10.0. The summed E-state index contributed by atoms with van der Waals surface area (Å²) in [5, 5.41) is 6.96. The fourth-order valence-electron chi connectivity index (χ4n) is 2.07. The summed E-state index contributed by atoms with van der Waals surface area (Å²) in [6.07, 6.45) is 2.30. The number of carbonyl (C=O) groups excluding carboxylic acids is 1. The van der Waals surface area contributed by atoms with E-state index < -0.39 is 0 Å². The Bertz CT molecular complexity index is 543. The predicted octanol–water partition coefficient (Wildman–Crippen LogP) is 1.88. The second-order valence-corrected chi connectivity index (χ2v) is 4.42. The zero-order valence-electron chi connectivity index (χ0n) is 11.1. The predicted molar refractivity (Wildman–Crippen MR) is 74.6 cm³/mol. The molecular weight excluding hydrogens is 240 g/mol. The van der Waals surface area contributed by atoms with E-state index in [0.717, 1.165) is 12.0 Å². The third-order valence-corrected chi connectivity index (χ3v) is 3.10. The first kappa shape index (κ1) is 13.1. The number of aryl methyl sites for hydroxylation is 1. The molecule has 0 spiro atoms. The molecule has 2 aromatic rings. The molecule has 0 aliphatic heterocycles. The Kier molecular flexibility index (Phi) is 3.85. The van der Waals surface area contributed by atoms with E-state index in [1.54, 1.807) is 7.05 Å². The zero-order chi connectivity index (χ0) is 13.8. The van der Waals surface area contributed by atoms with Crippen molar-refractivity contribution < 1.29 is 4.79 Å². The standard InChI is InChI=1S/C14H18N4O/c1-3-12(10-7-5-4-6-8-10)17-14(19)13-11(15)9-16-18(13)2/h4-9,12H,3,15H2,1-2H3,(H,17,19). The summed E-state index contributed by atoms with van der Waals surface area (Å²) in [6, 6.07) is 9.85. The number of nitrogens with zero attached hydrogens (tertiary/aromatic N) is 2. The molecule has 1 amide bonds. The average Bonchev–Trinajstić information content (AvgIpc) is 2.76. The van der Waals surface area contributed by atoms with Gasteiger partial charge in [-0.15, -0.1) is 0 Å². The van der Waals surface area contributed by atoms with Crippen LogP contribution >= 0.6 is 0 Å². The van der Waals surface area contributed by atoms with Crippen LogP contribution in [0.1, 0.15) is 35.4 Å². The number of nitrogens with one attached hydrogen (secondary N) is 1. The number of nitrogen functional groups attached to an aromatic ring is 1. The smallest absolute Gasteiger partial charge is 0.272 e. The van der Waals surface area contributed by atoms with Crippen LogP contribution in [-0.4, -0.2) is 15.7 Å². The van der Waals surface area contributed by atoms with Gasteiger partial charge in [0.1, 0.15) is 5.69 Å². The summed E-state index contributed by atoms with van der Waals surface area (Å²) in [4.78, 5) is 12.2. The third-order valence-electron chi connectivity index (χ3n) is 3.10. The van der Waals surface area contributed by atoms with Crippen LogP contribution in [0.2, 0.25) is 0 Å². The van der Waals surface area contributed by atoms with Gasteiger partial charge in [0.05, 0.1) is 17.9 Å². The molecule has 100 valence electrons. The second-order valence-electron chi connectivity index (χ2n) is 4.42. The quantitative estimate of drug-likeness (QED) is 0.879. The maximum absolute atomic E-state index is 12.2. The van der Waals surface area contributed by atoms with Crippen molar-refractivity contribution in [3.8, 4) is 0 Å². The van der Waals surface area contributed by atoms with Crippen LogP contribution in [0.4, 0.5) is 5.69 Å². The Morgan fingerprint density at radius 1 is 1.42 bits per heavy atom. The molecule has 0 aliphatic rings. The number of anilines is 1. The van der Waals surface area contributed by atoms with Crippen LogP contribution in [0.25, 0.3) is 0 Å². The van der Waals surface area contributed by atoms with Crippen LogP contribution in [0, 0.1) is 0 Å². The summed E-state index contributed by atoms with van der Waals surface area (Å²) >= 11 is 0. The van der Waals surface area contributed by atoms with Crippen molar-refractivity contribution >= 4 is 11.6 Å². The van der Waals surface area contributed by atoms with Gasteiger partial charge < -0.3 is 11.1 Å². The topological polar surface area (TPSA) is 72.9 Å². The number of hydrogen-bond acceptors (Lipinski definition) is 3. The third kappa shape index (κ3) is 2.76. The Balaban J connectivity index is 2.18. The van der Waals surface area contributed by atoms with Gasteiger partial charge in [-0.1, -0.05) is 37.3 Å². The van der Waals surface area contributed by atoms with Gasteiger partial charge in [0, 0.05) is 7.05 Å². The molecule has 0 bridgehead atoms. The fraction of sp³-hybridized carbons (Fsp3) is 0.286. The van der Waals surface area contributed by atoms with Crippen LogP contribution in [-0.2, 0) is 7.05 Å². The summed E-state index contributed by atoms with van der Waals surface area (Å²) in [5.74, 6) is -0.201.